The Bertz CT molecular complexity index is 119. The Morgan fingerprint density at radius 2 is 1.83 bits per heavy atom. The van der Waals surface area contributed by atoms with Crippen molar-refractivity contribution in [2.45, 2.75) is 52.0 Å². The molecule has 0 aromatic rings. The number of hydroxylamine groups is 2. The van der Waals surface area contributed by atoms with Crippen LogP contribution in [0.15, 0.2) is 0 Å². The van der Waals surface area contributed by atoms with Crippen LogP contribution in [0.4, 0.5) is 0 Å². The molecule has 0 saturated heterocycles. The molecule has 72 valence electrons. The molecular weight excluding hydrogens is 150 g/mol. The first kappa shape index (κ1) is 10.0. The molecule has 1 saturated carbocycles. The molecule has 1 fully saturated rings. The molecule has 0 amide bonds. The van der Waals surface area contributed by atoms with Gasteiger partial charge in [0.15, 0.2) is 0 Å². The van der Waals surface area contributed by atoms with E-state index in [0.29, 0.717) is 0 Å². The summed E-state index contributed by atoms with van der Waals surface area (Å²) in [5.41, 5.74) is 0. The summed E-state index contributed by atoms with van der Waals surface area (Å²) in [7, 11) is 0. The first-order valence-electron chi connectivity index (χ1n) is 5.15. The third kappa shape index (κ3) is 3.11. The highest BCUT2D eigenvalue weighted by Crippen LogP contribution is 2.24. The van der Waals surface area contributed by atoms with Crippen molar-refractivity contribution in [2.75, 3.05) is 6.54 Å². The predicted molar refractivity (Wildman–Crippen MR) is 50.2 cm³/mol. The highest BCUT2D eigenvalue weighted by atomic mass is 16.5. The molecule has 1 N–H and O–H groups in total. The molecule has 0 spiro atoms. The lowest BCUT2D eigenvalue weighted by atomic mass is 9.89. The van der Waals surface area contributed by atoms with Gasteiger partial charge in [0.1, 0.15) is 0 Å². The fourth-order valence-corrected chi connectivity index (χ4v) is 1.85. The first-order valence-corrected chi connectivity index (χ1v) is 5.15. The lowest BCUT2D eigenvalue weighted by Gasteiger charge is -2.27. The molecule has 0 atom stereocenters. The Balaban J connectivity index is 2.20. The largest absolute Gasteiger partial charge is 0.314 e. The van der Waals surface area contributed by atoms with Crippen LogP contribution in [-0.2, 0) is 0 Å². The number of rotatable bonds is 3. The molecule has 0 bridgehead atoms. The third-order valence-electron chi connectivity index (χ3n) is 2.77. The minimum Gasteiger partial charge on any atom is -0.314 e. The first-order chi connectivity index (χ1) is 5.70. The van der Waals surface area contributed by atoms with Gasteiger partial charge < -0.3 is 5.21 Å². The molecule has 2 nitrogen and oxygen atoms in total. The van der Waals surface area contributed by atoms with E-state index < -0.39 is 0 Å². The number of hydrogen-bond donors (Lipinski definition) is 1. The summed E-state index contributed by atoms with van der Waals surface area (Å²) in [6.45, 7) is 4.93. The Morgan fingerprint density at radius 3 is 2.33 bits per heavy atom. The van der Waals surface area contributed by atoms with E-state index in [1.165, 1.54) is 37.2 Å². The van der Waals surface area contributed by atoms with Crippen LogP contribution in [0.2, 0.25) is 0 Å². The van der Waals surface area contributed by atoms with Crippen molar-refractivity contribution < 1.29 is 5.21 Å². The molecule has 0 radical (unpaired) electrons. The molecule has 0 aliphatic heterocycles. The highest BCUT2D eigenvalue weighted by molar-refractivity contribution is 4.68. The minimum atomic E-state index is 0.270. The second-order valence-electron chi connectivity index (χ2n) is 4.22. The van der Waals surface area contributed by atoms with E-state index in [4.69, 9.17) is 0 Å². The SMILES string of the molecule is CC(C)N(O)CC1CCCCC1. The molecular formula is C10H21NO. The summed E-state index contributed by atoms with van der Waals surface area (Å²) < 4.78 is 0. The molecule has 0 aromatic heterocycles. The molecule has 0 heterocycles. The van der Waals surface area contributed by atoms with E-state index in [9.17, 15) is 5.21 Å². The highest BCUT2D eigenvalue weighted by Gasteiger charge is 2.17. The molecule has 1 aliphatic carbocycles. The summed E-state index contributed by atoms with van der Waals surface area (Å²) >= 11 is 0. The summed E-state index contributed by atoms with van der Waals surface area (Å²) in [6, 6.07) is 0.270. The van der Waals surface area contributed by atoms with E-state index in [1.54, 1.807) is 0 Å². The molecule has 12 heavy (non-hydrogen) atoms. The lowest BCUT2D eigenvalue weighted by molar-refractivity contribution is -0.128. The fraction of sp³-hybridized carbons (Fsp3) is 1.00. The van der Waals surface area contributed by atoms with Crippen molar-refractivity contribution in [3.63, 3.8) is 0 Å². The molecule has 2 heteroatoms. The zero-order valence-electron chi connectivity index (χ0n) is 8.29. The van der Waals surface area contributed by atoms with Gasteiger partial charge in [0, 0.05) is 12.6 Å². The zero-order valence-corrected chi connectivity index (χ0v) is 8.29. The number of nitrogens with zero attached hydrogens (tertiary/aromatic N) is 1. The monoisotopic (exact) mass is 171 g/mol. The maximum absolute atomic E-state index is 9.51. The van der Waals surface area contributed by atoms with Crippen LogP contribution in [0.3, 0.4) is 0 Å². The van der Waals surface area contributed by atoms with Gasteiger partial charge in [-0.25, -0.2) is 0 Å². The van der Waals surface area contributed by atoms with E-state index in [2.05, 4.69) is 0 Å². The van der Waals surface area contributed by atoms with E-state index in [-0.39, 0.29) is 6.04 Å². The third-order valence-corrected chi connectivity index (χ3v) is 2.77. The van der Waals surface area contributed by atoms with Gasteiger partial charge in [-0.15, -0.1) is 0 Å². The second kappa shape index (κ2) is 4.83. The molecule has 0 aromatic carbocycles. The minimum absolute atomic E-state index is 0.270. The summed E-state index contributed by atoms with van der Waals surface area (Å²) in [5, 5.41) is 11.0. The van der Waals surface area contributed by atoms with Crippen LogP contribution in [0.1, 0.15) is 46.0 Å². The van der Waals surface area contributed by atoms with Gasteiger partial charge in [0.2, 0.25) is 0 Å². The van der Waals surface area contributed by atoms with Crippen LogP contribution in [-0.4, -0.2) is 22.9 Å². The van der Waals surface area contributed by atoms with Crippen LogP contribution < -0.4 is 0 Å². The maximum atomic E-state index is 9.51. The normalized spacial score (nSPS) is 20.8. The maximum Gasteiger partial charge on any atom is 0.0293 e. The van der Waals surface area contributed by atoms with Gasteiger partial charge in [0.25, 0.3) is 0 Å². The van der Waals surface area contributed by atoms with Gasteiger partial charge in [-0.05, 0) is 32.6 Å². The quantitative estimate of drug-likeness (QED) is 0.660. The van der Waals surface area contributed by atoms with Crippen LogP contribution in [0, 0.1) is 5.92 Å². The van der Waals surface area contributed by atoms with Gasteiger partial charge in [-0.3, -0.25) is 0 Å². The summed E-state index contributed by atoms with van der Waals surface area (Å²) in [4.78, 5) is 0. The second-order valence-corrected chi connectivity index (χ2v) is 4.22. The van der Waals surface area contributed by atoms with Crippen LogP contribution >= 0.6 is 0 Å². The Labute approximate surface area is 75.5 Å². The van der Waals surface area contributed by atoms with Crippen molar-refractivity contribution in [2.24, 2.45) is 5.92 Å². The van der Waals surface area contributed by atoms with Gasteiger partial charge in [0.05, 0.1) is 0 Å². The average molecular weight is 171 g/mol. The zero-order chi connectivity index (χ0) is 8.97. The number of hydrogen-bond acceptors (Lipinski definition) is 2. The molecule has 1 rings (SSSR count). The summed E-state index contributed by atoms with van der Waals surface area (Å²) in [5.74, 6) is 0.742. The van der Waals surface area contributed by atoms with Crippen LogP contribution in [0.25, 0.3) is 0 Å². The van der Waals surface area contributed by atoms with Crippen LogP contribution in [0.5, 0.6) is 0 Å². The average Bonchev–Trinajstić information content (AvgIpc) is 2.06. The standard InChI is InChI=1S/C10H21NO/c1-9(2)11(12)8-10-6-4-3-5-7-10/h9-10,12H,3-8H2,1-2H3. The Hall–Kier alpha value is -0.0800. The van der Waals surface area contributed by atoms with Crippen molar-refractivity contribution in [3.8, 4) is 0 Å². The molecule has 1 aliphatic rings. The van der Waals surface area contributed by atoms with Crippen molar-refractivity contribution in [1.29, 1.82) is 0 Å². The fourth-order valence-electron chi connectivity index (χ4n) is 1.85. The topological polar surface area (TPSA) is 23.5 Å². The Morgan fingerprint density at radius 1 is 1.25 bits per heavy atom. The summed E-state index contributed by atoms with van der Waals surface area (Å²) in [6.07, 6.45) is 6.73. The Kier molecular flexibility index (Phi) is 4.02. The smallest absolute Gasteiger partial charge is 0.0293 e. The van der Waals surface area contributed by atoms with Crippen molar-refractivity contribution in [1.82, 2.24) is 5.06 Å². The van der Waals surface area contributed by atoms with E-state index in [0.717, 1.165) is 12.5 Å². The van der Waals surface area contributed by atoms with E-state index in [1.807, 2.05) is 13.8 Å². The predicted octanol–water partition coefficient (Wildman–Crippen LogP) is 2.67. The van der Waals surface area contributed by atoms with Crippen molar-refractivity contribution in [3.05, 3.63) is 0 Å². The molecule has 0 unspecified atom stereocenters. The van der Waals surface area contributed by atoms with Crippen molar-refractivity contribution >= 4 is 0 Å². The van der Waals surface area contributed by atoms with Gasteiger partial charge in [-0.1, -0.05) is 19.3 Å². The van der Waals surface area contributed by atoms with Gasteiger partial charge in [-0.2, -0.15) is 5.06 Å². The van der Waals surface area contributed by atoms with Gasteiger partial charge >= 0.3 is 0 Å². The lowest BCUT2D eigenvalue weighted by Crippen LogP contribution is -2.33. The van der Waals surface area contributed by atoms with E-state index >= 15 is 0 Å².